The number of pyridine rings is 1. The van der Waals surface area contributed by atoms with E-state index in [0.717, 1.165) is 10.2 Å². The van der Waals surface area contributed by atoms with Gasteiger partial charge >= 0.3 is 0 Å². The Bertz CT molecular complexity index is 531. The second-order valence-corrected chi connectivity index (χ2v) is 4.46. The van der Waals surface area contributed by atoms with Gasteiger partial charge in [0.05, 0.1) is 11.0 Å². The Morgan fingerprint density at radius 1 is 1.17 bits per heavy atom. The van der Waals surface area contributed by atoms with E-state index in [2.05, 4.69) is 31.5 Å². The Morgan fingerprint density at radius 2 is 1.94 bits per heavy atom. The molecule has 0 saturated carbocycles. The van der Waals surface area contributed by atoms with Gasteiger partial charge < -0.3 is 10.6 Å². The van der Waals surface area contributed by atoms with E-state index in [1.165, 1.54) is 0 Å². The summed E-state index contributed by atoms with van der Waals surface area (Å²) in [6.45, 7) is 0.201. The number of aromatic nitrogens is 1. The van der Waals surface area contributed by atoms with Crippen molar-refractivity contribution in [1.29, 1.82) is 0 Å². The van der Waals surface area contributed by atoms with Crippen LogP contribution in [0, 0.1) is 0 Å². The van der Waals surface area contributed by atoms with Crippen LogP contribution in [0.1, 0.15) is 0 Å². The second-order valence-electron chi connectivity index (χ2n) is 3.60. The zero-order valence-electron chi connectivity index (χ0n) is 9.56. The molecule has 0 unspecified atom stereocenters. The average Bonchev–Trinajstić information content (AvgIpc) is 2.40. The van der Waals surface area contributed by atoms with Crippen LogP contribution in [0.2, 0.25) is 0 Å². The van der Waals surface area contributed by atoms with Gasteiger partial charge in [0.15, 0.2) is 0 Å². The van der Waals surface area contributed by atoms with Gasteiger partial charge in [-0.3, -0.25) is 4.79 Å². The lowest BCUT2D eigenvalue weighted by atomic mass is 10.3. The van der Waals surface area contributed by atoms with Crippen molar-refractivity contribution in [2.24, 2.45) is 0 Å². The lowest BCUT2D eigenvalue weighted by Crippen LogP contribution is -2.22. The molecule has 1 amide bonds. The third-order valence-electron chi connectivity index (χ3n) is 2.24. The minimum atomic E-state index is -0.141. The average molecular weight is 306 g/mol. The molecule has 2 aromatic rings. The standard InChI is InChI=1S/C13H12BrN3O/c14-11-7-4-8-15-13(11)17-12(18)9-16-10-5-2-1-3-6-10/h1-8,16H,9H2,(H,15,17,18). The molecule has 0 spiro atoms. The molecule has 18 heavy (non-hydrogen) atoms. The Kier molecular flexibility index (Phi) is 4.30. The summed E-state index contributed by atoms with van der Waals surface area (Å²) >= 11 is 3.32. The first-order chi connectivity index (χ1) is 8.75. The molecule has 0 aliphatic heterocycles. The van der Waals surface area contributed by atoms with Crippen molar-refractivity contribution in [2.45, 2.75) is 0 Å². The normalized spacial score (nSPS) is 9.83. The van der Waals surface area contributed by atoms with Crippen molar-refractivity contribution >= 4 is 33.3 Å². The molecule has 0 saturated heterocycles. The lowest BCUT2D eigenvalue weighted by molar-refractivity contribution is -0.114. The number of para-hydroxylation sites is 1. The maximum Gasteiger partial charge on any atom is 0.244 e. The maximum absolute atomic E-state index is 11.7. The highest BCUT2D eigenvalue weighted by molar-refractivity contribution is 9.10. The highest BCUT2D eigenvalue weighted by Crippen LogP contribution is 2.17. The summed E-state index contributed by atoms with van der Waals surface area (Å²) in [5, 5.41) is 5.75. The molecule has 2 rings (SSSR count). The molecule has 4 nitrogen and oxygen atoms in total. The molecule has 0 radical (unpaired) electrons. The highest BCUT2D eigenvalue weighted by atomic mass is 79.9. The van der Waals surface area contributed by atoms with E-state index in [1.54, 1.807) is 12.3 Å². The Morgan fingerprint density at radius 3 is 2.67 bits per heavy atom. The van der Waals surface area contributed by atoms with Crippen molar-refractivity contribution in [3.63, 3.8) is 0 Å². The van der Waals surface area contributed by atoms with E-state index < -0.39 is 0 Å². The molecule has 1 aromatic carbocycles. The molecule has 0 aliphatic carbocycles. The van der Waals surface area contributed by atoms with Crippen molar-refractivity contribution in [3.05, 3.63) is 53.1 Å². The van der Waals surface area contributed by atoms with Crippen LogP contribution in [0.3, 0.4) is 0 Å². The molecule has 2 N–H and O–H groups in total. The van der Waals surface area contributed by atoms with Crippen LogP contribution in [-0.4, -0.2) is 17.4 Å². The van der Waals surface area contributed by atoms with E-state index in [4.69, 9.17) is 0 Å². The summed E-state index contributed by atoms with van der Waals surface area (Å²) in [4.78, 5) is 15.8. The minimum Gasteiger partial charge on any atom is -0.376 e. The number of nitrogens with zero attached hydrogens (tertiary/aromatic N) is 1. The number of halogens is 1. The Balaban J connectivity index is 1.88. The van der Waals surface area contributed by atoms with E-state index >= 15 is 0 Å². The number of amides is 1. The van der Waals surface area contributed by atoms with Crippen molar-refractivity contribution < 1.29 is 4.79 Å². The number of hydrogen-bond acceptors (Lipinski definition) is 3. The quantitative estimate of drug-likeness (QED) is 0.913. The first kappa shape index (κ1) is 12.6. The number of rotatable bonds is 4. The highest BCUT2D eigenvalue weighted by Gasteiger charge is 2.05. The number of nitrogens with one attached hydrogen (secondary N) is 2. The fourth-order valence-electron chi connectivity index (χ4n) is 1.39. The SMILES string of the molecule is O=C(CNc1ccccc1)Nc1ncccc1Br. The summed E-state index contributed by atoms with van der Waals surface area (Å²) in [6.07, 6.45) is 1.63. The van der Waals surface area contributed by atoms with Crippen LogP contribution in [0.5, 0.6) is 0 Å². The zero-order chi connectivity index (χ0) is 12.8. The number of carbonyl (C=O) groups is 1. The van der Waals surface area contributed by atoms with Crippen molar-refractivity contribution in [2.75, 3.05) is 17.2 Å². The fourth-order valence-corrected chi connectivity index (χ4v) is 1.75. The molecule has 0 atom stereocenters. The molecule has 1 aromatic heterocycles. The van der Waals surface area contributed by atoms with Gasteiger partial charge in [0, 0.05) is 11.9 Å². The van der Waals surface area contributed by atoms with Gasteiger partial charge in [0.1, 0.15) is 5.82 Å². The topological polar surface area (TPSA) is 54.0 Å². The molecule has 0 bridgehead atoms. The second kappa shape index (κ2) is 6.16. The lowest BCUT2D eigenvalue weighted by Gasteiger charge is -2.08. The number of anilines is 2. The molecule has 0 fully saturated rings. The molecule has 0 aliphatic rings. The van der Waals surface area contributed by atoms with Crippen LogP contribution in [0.4, 0.5) is 11.5 Å². The largest absolute Gasteiger partial charge is 0.376 e. The van der Waals surface area contributed by atoms with E-state index in [0.29, 0.717) is 5.82 Å². The van der Waals surface area contributed by atoms with E-state index in [-0.39, 0.29) is 12.5 Å². The van der Waals surface area contributed by atoms with Gasteiger partial charge in [-0.25, -0.2) is 4.98 Å². The van der Waals surface area contributed by atoms with Gasteiger partial charge in [-0.15, -0.1) is 0 Å². The van der Waals surface area contributed by atoms with Gasteiger partial charge in [0.25, 0.3) is 0 Å². The molecule has 5 heteroatoms. The van der Waals surface area contributed by atoms with Crippen LogP contribution in [0.25, 0.3) is 0 Å². The zero-order valence-corrected chi connectivity index (χ0v) is 11.1. The Labute approximate surface area is 114 Å². The van der Waals surface area contributed by atoms with Crippen LogP contribution < -0.4 is 10.6 Å². The van der Waals surface area contributed by atoms with Crippen LogP contribution in [0.15, 0.2) is 53.1 Å². The first-order valence-corrected chi connectivity index (χ1v) is 6.24. The first-order valence-electron chi connectivity index (χ1n) is 5.45. The van der Waals surface area contributed by atoms with Gasteiger partial charge in [0.2, 0.25) is 5.91 Å². The van der Waals surface area contributed by atoms with E-state index in [1.807, 2.05) is 36.4 Å². The van der Waals surface area contributed by atoms with Crippen LogP contribution >= 0.6 is 15.9 Å². The fraction of sp³-hybridized carbons (Fsp3) is 0.0769. The Hall–Kier alpha value is -1.88. The third-order valence-corrected chi connectivity index (χ3v) is 2.88. The van der Waals surface area contributed by atoms with Crippen LogP contribution in [-0.2, 0) is 4.79 Å². The molecular formula is C13H12BrN3O. The van der Waals surface area contributed by atoms with Gasteiger partial charge in [-0.2, -0.15) is 0 Å². The number of carbonyl (C=O) groups excluding carboxylic acids is 1. The monoisotopic (exact) mass is 305 g/mol. The van der Waals surface area contributed by atoms with Crippen molar-refractivity contribution in [3.8, 4) is 0 Å². The summed E-state index contributed by atoms with van der Waals surface area (Å²) < 4.78 is 0.762. The third kappa shape index (κ3) is 3.56. The molecular weight excluding hydrogens is 294 g/mol. The van der Waals surface area contributed by atoms with Crippen molar-refractivity contribution in [1.82, 2.24) is 4.98 Å². The molecule has 92 valence electrons. The summed E-state index contributed by atoms with van der Waals surface area (Å²) in [7, 11) is 0. The summed E-state index contributed by atoms with van der Waals surface area (Å²) in [5.74, 6) is 0.385. The molecule has 1 heterocycles. The minimum absolute atomic E-state index is 0.141. The predicted octanol–water partition coefficient (Wildman–Crippen LogP) is 2.89. The maximum atomic E-state index is 11.7. The predicted molar refractivity (Wildman–Crippen MR) is 75.5 cm³/mol. The van der Waals surface area contributed by atoms with E-state index in [9.17, 15) is 4.79 Å². The number of hydrogen-bond donors (Lipinski definition) is 2. The number of benzene rings is 1. The summed E-state index contributed by atoms with van der Waals surface area (Å²) in [6, 6.07) is 13.2. The summed E-state index contributed by atoms with van der Waals surface area (Å²) in [5.41, 5.74) is 0.910. The van der Waals surface area contributed by atoms with Gasteiger partial charge in [-0.1, -0.05) is 18.2 Å². The van der Waals surface area contributed by atoms with Gasteiger partial charge in [-0.05, 0) is 40.2 Å². The smallest absolute Gasteiger partial charge is 0.244 e.